The summed E-state index contributed by atoms with van der Waals surface area (Å²) in [5, 5.41) is 7.91. The lowest BCUT2D eigenvalue weighted by molar-refractivity contribution is 0.260. The highest BCUT2D eigenvalue weighted by atomic mass is 15.2. The molecule has 1 N–H and O–H groups in total. The van der Waals surface area contributed by atoms with Crippen LogP contribution >= 0.6 is 0 Å². The molecular formula is C13H25N3. The minimum atomic E-state index is 0.287. The Bertz CT molecular complexity index is 322. The van der Waals surface area contributed by atoms with Gasteiger partial charge in [-0.3, -0.25) is 4.68 Å². The van der Waals surface area contributed by atoms with Crippen molar-refractivity contribution in [2.45, 2.75) is 53.1 Å². The van der Waals surface area contributed by atoms with Gasteiger partial charge in [0.25, 0.3) is 0 Å². The van der Waals surface area contributed by atoms with Crippen LogP contribution < -0.4 is 5.32 Å². The van der Waals surface area contributed by atoms with E-state index in [-0.39, 0.29) is 5.41 Å². The van der Waals surface area contributed by atoms with Gasteiger partial charge in [0, 0.05) is 30.9 Å². The second-order valence-electron chi connectivity index (χ2n) is 5.66. The summed E-state index contributed by atoms with van der Waals surface area (Å²) in [5.41, 5.74) is 1.57. The summed E-state index contributed by atoms with van der Waals surface area (Å²) >= 11 is 0. The zero-order valence-corrected chi connectivity index (χ0v) is 11.4. The molecule has 0 fully saturated rings. The Kier molecular flexibility index (Phi) is 4.14. The molecule has 0 amide bonds. The van der Waals surface area contributed by atoms with Gasteiger partial charge >= 0.3 is 0 Å². The van der Waals surface area contributed by atoms with Crippen molar-refractivity contribution < 1.29 is 0 Å². The maximum atomic E-state index is 4.23. The van der Waals surface area contributed by atoms with Gasteiger partial charge < -0.3 is 5.32 Å². The number of nitrogens with zero attached hydrogens (tertiary/aromatic N) is 2. The van der Waals surface area contributed by atoms with Crippen molar-refractivity contribution in [3.05, 3.63) is 18.0 Å². The third-order valence-corrected chi connectivity index (χ3v) is 3.29. The standard InChI is InChI=1S/C13H25N3/c1-7-12(11-8-14-16(6)9-11)15-10(2)13(3,4)5/h8-10,12,15H,7H2,1-6H3. The van der Waals surface area contributed by atoms with E-state index in [1.54, 1.807) is 0 Å². The van der Waals surface area contributed by atoms with Crippen LogP contribution in [-0.4, -0.2) is 15.8 Å². The van der Waals surface area contributed by atoms with Gasteiger partial charge in [-0.2, -0.15) is 5.10 Å². The maximum absolute atomic E-state index is 4.23. The van der Waals surface area contributed by atoms with Crippen molar-refractivity contribution in [3.8, 4) is 0 Å². The number of hydrogen-bond acceptors (Lipinski definition) is 2. The molecule has 0 saturated heterocycles. The summed E-state index contributed by atoms with van der Waals surface area (Å²) in [4.78, 5) is 0. The van der Waals surface area contributed by atoms with E-state index < -0.39 is 0 Å². The first-order valence-electron chi connectivity index (χ1n) is 6.09. The summed E-state index contributed by atoms with van der Waals surface area (Å²) in [5.74, 6) is 0. The molecule has 0 radical (unpaired) electrons. The summed E-state index contributed by atoms with van der Waals surface area (Å²) in [6.07, 6.45) is 5.14. The normalized spacial score (nSPS) is 16.1. The van der Waals surface area contributed by atoms with Crippen molar-refractivity contribution in [1.82, 2.24) is 15.1 Å². The minimum Gasteiger partial charge on any atom is -0.307 e. The zero-order chi connectivity index (χ0) is 12.3. The summed E-state index contributed by atoms with van der Waals surface area (Å²) in [6.45, 7) is 11.3. The molecule has 1 rings (SSSR count). The molecule has 92 valence electrons. The lowest BCUT2D eigenvalue weighted by Gasteiger charge is -2.31. The molecule has 0 aliphatic heterocycles. The number of rotatable bonds is 4. The van der Waals surface area contributed by atoms with Crippen molar-refractivity contribution >= 4 is 0 Å². The van der Waals surface area contributed by atoms with E-state index in [0.717, 1.165) is 6.42 Å². The number of aryl methyl sites for hydroxylation is 1. The minimum absolute atomic E-state index is 0.287. The fraction of sp³-hybridized carbons (Fsp3) is 0.769. The lowest BCUT2D eigenvalue weighted by atomic mass is 9.87. The smallest absolute Gasteiger partial charge is 0.0537 e. The van der Waals surface area contributed by atoms with Crippen LogP contribution in [0.5, 0.6) is 0 Å². The lowest BCUT2D eigenvalue weighted by Crippen LogP contribution is -2.39. The molecule has 0 aromatic carbocycles. The number of aromatic nitrogens is 2. The van der Waals surface area contributed by atoms with E-state index in [1.165, 1.54) is 5.56 Å². The summed E-state index contributed by atoms with van der Waals surface area (Å²) < 4.78 is 1.86. The predicted molar refractivity (Wildman–Crippen MR) is 68.3 cm³/mol. The van der Waals surface area contributed by atoms with Crippen LogP contribution in [0.4, 0.5) is 0 Å². The maximum Gasteiger partial charge on any atom is 0.0537 e. The topological polar surface area (TPSA) is 29.9 Å². The SMILES string of the molecule is CCC(NC(C)C(C)(C)C)c1cnn(C)c1. The molecule has 0 bridgehead atoms. The second-order valence-corrected chi connectivity index (χ2v) is 5.66. The van der Waals surface area contributed by atoms with Gasteiger partial charge in [0.15, 0.2) is 0 Å². The molecule has 0 saturated carbocycles. The third kappa shape index (κ3) is 3.34. The molecule has 1 aromatic rings. The average Bonchev–Trinajstić information content (AvgIpc) is 2.59. The van der Waals surface area contributed by atoms with Crippen LogP contribution in [0.15, 0.2) is 12.4 Å². The Morgan fingerprint density at radius 1 is 1.44 bits per heavy atom. The largest absolute Gasteiger partial charge is 0.307 e. The Labute approximate surface area is 99.2 Å². The van der Waals surface area contributed by atoms with Crippen molar-refractivity contribution in [2.75, 3.05) is 0 Å². The first-order chi connectivity index (χ1) is 7.34. The van der Waals surface area contributed by atoms with E-state index >= 15 is 0 Å². The molecule has 0 aliphatic rings. The van der Waals surface area contributed by atoms with E-state index in [9.17, 15) is 0 Å². The molecule has 2 unspecified atom stereocenters. The van der Waals surface area contributed by atoms with E-state index in [4.69, 9.17) is 0 Å². The molecule has 1 heterocycles. The molecule has 1 aromatic heterocycles. The van der Waals surface area contributed by atoms with Crippen LogP contribution in [-0.2, 0) is 7.05 Å². The molecule has 3 nitrogen and oxygen atoms in total. The molecule has 2 atom stereocenters. The molecular weight excluding hydrogens is 198 g/mol. The zero-order valence-electron chi connectivity index (χ0n) is 11.4. The first kappa shape index (κ1) is 13.2. The molecule has 0 spiro atoms. The Morgan fingerprint density at radius 2 is 2.06 bits per heavy atom. The number of hydrogen-bond donors (Lipinski definition) is 1. The van der Waals surface area contributed by atoms with Crippen molar-refractivity contribution in [2.24, 2.45) is 12.5 Å². The van der Waals surface area contributed by atoms with Gasteiger partial charge in [-0.15, -0.1) is 0 Å². The van der Waals surface area contributed by atoms with Gasteiger partial charge in [0.1, 0.15) is 0 Å². The highest BCUT2D eigenvalue weighted by molar-refractivity contribution is 5.10. The van der Waals surface area contributed by atoms with Gasteiger partial charge in [0.05, 0.1) is 6.20 Å². The highest BCUT2D eigenvalue weighted by Gasteiger charge is 2.23. The second kappa shape index (κ2) is 5.00. The molecule has 16 heavy (non-hydrogen) atoms. The first-order valence-corrected chi connectivity index (χ1v) is 6.09. The Balaban J connectivity index is 2.70. The fourth-order valence-corrected chi connectivity index (χ4v) is 1.62. The van der Waals surface area contributed by atoms with E-state index in [2.05, 4.69) is 51.2 Å². The Morgan fingerprint density at radius 3 is 2.44 bits per heavy atom. The fourth-order valence-electron chi connectivity index (χ4n) is 1.62. The monoisotopic (exact) mass is 223 g/mol. The molecule has 3 heteroatoms. The number of nitrogens with one attached hydrogen (secondary N) is 1. The van der Waals surface area contributed by atoms with Crippen molar-refractivity contribution in [3.63, 3.8) is 0 Å². The van der Waals surface area contributed by atoms with Crippen LogP contribution in [0.3, 0.4) is 0 Å². The van der Waals surface area contributed by atoms with Crippen LogP contribution in [0.1, 0.15) is 52.6 Å². The van der Waals surface area contributed by atoms with Gasteiger partial charge in [-0.05, 0) is 18.8 Å². The quantitative estimate of drug-likeness (QED) is 0.850. The third-order valence-electron chi connectivity index (χ3n) is 3.29. The van der Waals surface area contributed by atoms with E-state index in [1.807, 2.05) is 17.9 Å². The van der Waals surface area contributed by atoms with Crippen LogP contribution in [0.2, 0.25) is 0 Å². The van der Waals surface area contributed by atoms with Gasteiger partial charge in [-0.1, -0.05) is 27.7 Å². The van der Waals surface area contributed by atoms with E-state index in [0.29, 0.717) is 12.1 Å². The average molecular weight is 223 g/mol. The summed E-state index contributed by atoms with van der Waals surface area (Å²) in [6, 6.07) is 0.889. The van der Waals surface area contributed by atoms with Crippen LogP contribution in [0.25, 0.3) is 0 Å². The van der Waals surface area contributed by atoms with Gasteiger partial charge in [0.2, 0.25) is 0 Å². The highest BCUT2D eigenvalue weighted by Crippen LogP contribution is 2.23. The molecule has 0 aliphatic carbocycles. The van der Waals surface area contributed by atoms with Crippen molar-refractivity contribution in [1.29, 1.82) is 0 Å². The predicted octanol–water partition coefficient (Wildman–Crippen LogP) is 2.90. The van der Waals surface area contributed by atoms with Crippen LogP contribution in [0, 0.1) is 5.41 Å². The Hall–Kier alpha value is -0.830. The summed E-state index contributed by atoms with van der Waals surface area (Å²) in [7, 11) is 1.96. The van der Waals surface area contributed by atoms with Gasteiger partial charge in [-0.25, -0.2) is 0 Å².